The summed E-state index contributed by atoms with van der Waals surface area (Å²) < 4.78 is 1.02. The molecule has 1 aliphatic rings. The van der Waals surface area contributed by atoms with Crippen molar-refractivity contribution in [3.05, 3.63) is 39.1 Å². The van der Waals surface area contributed by atoms with Crippen LogP contribution in [0.25, 0.3) is 11.4 Å². The van der Waals surface area contributed by atoms with Crippen LogP contribution in [0.1, 0.15) is 30.0 Å². The Bertz CT molecular complexity index is 589. The predicted octanol–water partition coefficient (Wildman–Crippen LogP) is 3.52. The van der Waals surface area contributed by atoms with Crippen LogP contribution in [0, 0.1) is 10.5 Å². The van der Waals surface area contributed by atoms with E-state index in [1.807, 2.05) is 12.1 Å². The van der Waals surface area contributed by atoms with Gasteiger partial charge in [0.05, 0.1) is 9.26 Å². The van der Waals surface area contributed by atoms with Crippen LogP contribution in [0.2, 0.25) is 0 Å². The minimum Gasteiger partial charge on any atom is -0.383 e. The van der Waals surface area contributed by atoms with Crippen molar-refractivity contribution in [2.24, 2.45) is 0 Å². The van der Waals surface area contributed by atoms with Crippen LogP contribution >= 0.6 is 22.6 Å². The normalized spacial score (nSPS) is 14.8. The van der Waals surface area contributed by atoms with Gasteiger partial charge >= 0.3 is 0 Å². The van der Waals surface area contributed by atoms with E-state index in [0.717, 1.165) is 20.7 Å². The van der Waals surface area contributed by atoms with Gasteiger partial charge in [-0.05, 0) is 42.4 Å². The number of nitrogens with two attached hydrogens (primary N) is 1. The van der Waals surface area contributed by atoms with E-state index in [4.69, 9.17) is 10.7 Å². The molecule has 92 valence electrons. The Morgan fingerprint density at radius 2 is 1.83 bits per heavy atom. The second kappa shape index (κ2) is 4.50. The average Bonchev–Trinajstić information content (AvgIpc) is 3.18. The van der Waals surface area contributed by atoms with Crippen molar-refractivity contribution in [2.75, 3.05) is 5.73 Å². The van der Waals surface area contributed by atoms with Gasteiger partial charge in [-0.3, -0.25) is 0 Å². The third-order valence-corrected chi connectivity index (χ3v) is 4.28. The Balaban J connectivity index is 2.09. The maximum Gasteiger partial charge on any atom is 0.161 e. The van der Waals surface area contributed by atoms with Crippen molar-refractivity contribution in [2.45, 2.75) is 25.7 Å². The molecule has 0 bridgehead atoms. The van der Waals surface area contributed by atoms with Crippen molar-refractivity contribution < 1.29 is 0 Å². The molecule has 0 unspecified atom stereocenters. The fraction of sp³-hybridized carbons (Fsp3) is 0.286. The topological polar surface area (TPSA) is 51.8 Å². The number of hydrogen-bond acceptors (Lipinski definition) is 3. The molecule has 1 aromatic carbocycles. The van der Waals surface area contributed by atoms with Crippen molar-refractivity contribution in [1.82, 2.24) is 9.97 Å². The Kier molecular flexibility index (Phi) is 2.97. The number of hydrogen-bond donors (Lipinski definition) is 1. The maximum atomic E-state index is 6.00. The second-order valence-electron chi connectivity index (χ2n) is 4.77. The number of nitrogen functional groups attached to an aromatic ring is 1. The quantitative estimate of drug-likeness (QED) is 0.843. The van der Waals surface area contributed by atoms with Gasteiger partial charge in [0.2, 0.25) is 0 Å². The molecule has 0 aliphatic heterocycles. The number of anilines is 1. The summed E-state index contributed by atoms with van der Waals surface area (Å²) in [5.41, 5.74) is 9.39. The standard InChI is InChI=1S/C14H14IN3/c1-8-2-4-10(5-3-8)14-17-12(9-6-7-9)11(15)13(16)18-14/h2-5,9H,6-7H2,1H3,(H2,16,17,18). The Morgan fingerprint density at radius 1 is 1.17 bits per heavy atom. The zero-order valence-electron chi connectivity index (χ0n) is 10.2. The van der Waals surface area contributed by atoms with Gasteiger partial charge in [-0.2, -0.15) is 0 Å². The molecule has 2 N–H and O–H groups in total. The first-order chi connectivity index (χ1) is 8.65. The molecule has 0 saturated heterocycles. The van der Waals surface area contributed by atoms with Crippen molar-refractivity contribution in [1.29, 1.82) is 0 Å². The molecule has 1 fully saturated rings. The first-order valence-electron chi connectivity index (χ1n) is 6.05. The average molecular weight is 351 g/mol. The van der Waals surface area contributed by atoms with Crippen LogP contribution in [-0.2, 0) is 0 Å². The molecule has 0 spiro atoms. The first-order valence-corrected chi connectivity index (χ1v) is 7.13. The minimum atomic E-state index is 0.589. The highest BCUT2D eigenvalue weighted by Crippen LogP contribution is 2.42. The van der Waals surface area contributed by atoms with Gasteiger partial charge in [0.25, 0.3) is 0 Å². The molecule has 2 aromatic rings. The van der Waals surface area contributed by atoms with E-state index in [-0.39, 0.29) is 0 Å². The Hall–Kier alpha value is -1.17. The lowest BCUT2D eigenvalue weighted by molar-refractivity contribution is 0.983. The van der Waals surface area contributed by atoms with E-state index in [0.29, 0.717) is 11.7 Å². The fourth-order valence-electron chi connectivity index (χ4n) is 1.94. The number of halogens is 1. The van der Waals surface area contributed by atoms with Gasteiger partial charge in [0.1, 0.15) is 5.82 Å². The van der Waals surface area contributed by atoms with Crippen LogP contribution in [0.15, 0.2) is 24.3 Å². The van der Waals surface area contributed by atoms with Gasteiger partial charge in [-0.25, -0.2) is 9.97 Å². The summed E-state index contributed by atoms with van der Waals surface area (Å²) in [7, 11) is 0. The second-order valence-corrected chi connectivity index (χ2v) is 5.85. The van der Waals surface area contributed by atoms with Crippen LogP contribution in [0.3, 0.4) is 0 Å². The Morgan fingerprint density at radius 3 is 2.44 bits per heavy atom. The molecule has 0 amide bonds. The lowest BCUT2D eigenvalue weighted by Crippen LogP contribution is -2.04. The third-order valence-electron chi connectivity index (χ3n) is 3.18. The van der Waals surface area contributed by atoms with E-state index in [2.05, 4.69) is 46.6 Å². The lowest BCUT2D eigenvalue weighted by Gasteiger charge is -2.08. The molecule has 1 heterocycles. The van der Waals surface area contributed by atoms with Gasteiger partial charge in [0.15, 0.2) is 5.82 Å². The summed E-state index contributed by atoms with van der Waals surface area (Å²) in [6.45, 7) is 2.07. The maximum absolute atomic E-state index is 6.00. The van der Waals surface area contributed by atoms with Crippen molar-refractivity contribution in [3.63, 3.8) is 0 Å². The summed E-state index contributed by atoms with van der Waals surface area (Å²) in [6.07, 6.45) is 2.44. The summed E-state index contributed by atoms with van der Waals surface area (Å²) in [5.74, 6) is 1.93. The zero-order chi connectivity index (χ0) is 12.7. The molecule has 0 radical (unpaired) electrons. The molecule has 18 heavy (non-hydrogen) atoms. The van der Waals surface area contributed by atoms with E-state index in [1.165, 1.54) is 18.4 Å². The first kappa shape index (κ1) is 11.9. The monoisotopic (exact) mass is 351 g/mol. The Labute approximate surface area is 120 Å². The lowest BCUT2D eigenvalue weighted by atomic mass is 10.1. The van der Waals surface area contributed by atoms with Gasteiger partial charge in [0, 0.05) is 11.5 Å². The van der Waals surface area contributed by atoms with Gasteiger partial charge in [-0.15, -0.1) is 0 Å². The van der Waals surface area contributed by atoms with Gasteiger partial charge < -0.3 is 5.73 Å². The van der Waals surface area contributed by atoms with Crippen LogP contribution < -0.4 is 5.73 Å². The molecule has 1 aliphatic carbocycles. The largest absolute Gasteiger partial charge is 0.383 e. The zero-order valence-corrected chi connectivity index (χ0v) is 12.3. The molecule has 3 nitrogen and oxygen atoms in total. The van der Waals surface area contributed by atoms with Crippen LogP contribution in [-0.4, -0.2) is 9.97 Å². The number of nitrogens with zero attached hydrogens (tertiary/aromatic N) is 2. The summed E-state index contributed by atoms with van der Waals surface area (Å²) in [4.78, 5) is 9.10. The van der Waals surface area contributed by atoms with Crippen molar-refractivity contribution >= 4 is 28.4 Å². The predicted molar refractivity (Wildman–Crippen MR) is 81.3 cm³/mol. The third kappa shape index (κ3) is 2.21. The van der Waals surface area contributed by atoms with E-state index in [9.17, 15) is 0 Å². The van der Waals surface area contributed by atoms with E-state index >= 15 is 0 Å². The van der Waals surface area contributed by atoms with E-state index in [1.54, 1.807) is 0 Å². The molecule has 3 rings (SSSR count). The molecule has 1 aromatic heterocycles. The fourth-order valence-corrected chi connectivity index (χ4v) is 2.62. The summed E-state index contributed by atoms with van der Waals surface area (Å²) >= 11 is 2.25. The minimum absolute atomic E-state index is 0.589. The molecular formula is C14H14IN3. The number of aromatic nitrogens is 2. The number of benzene rings is 1. The van der Waals surface area contributed by atoms with Gasteiger partial charge in [-0.1, -0.05) is 29.8 Å². The van der Waals surface area contributed by atoms with Crippen LogP contribution in [0.4, 0.5) is 5.82 Å². The summed E-state index contributed by atoms with van der Waals surface area (Å²) in [5, 5.41) is 0. The molecule has 0 atom stereocenters. The van der Waals surface area contributed by atoms with Crippen LogP contribution in [0.5, 0.6) is 0 Å². The number of rotatable bonds is 2. The van der Waals surface area contributed by atoms with Crippen molar-refractivity contribution in [3.8, 4) is 11.4 Å². The smallest absolute Gasteiger partial charge is 0.161 e. The molecular weight excluding hydrogens is 337 g/mol. The molecule has 4 heteroatoms. The number of aryl methyl sites for hydroxylation is 1. The highest BCUT2D eigenvalue weighted by molar-refractivity contribution is 14.1. The summed E-state index contributed by atoms with van der Waals surface area (Å²) in [6, 6.07) is 8.24. The van der Waals surface area contributed by atoms with E-state index < -0.39 is 0 Å². The SMILES string of the molecule is Cc1ccc(-c2nc(N)c(I)c(C3CC3)n2)cc1. The highest BCUT2D eigenvalue weighted by atomic mass is 127. The molecule has 1 saturated carbocycles. The highest BCUT2D eigenvalue weighted by Gasteiger charge is 2.29.